The second-order valence-corrected chi connectivity index (χ2v) is 13.3. The van der Waals surface area contributed by atoms with E-state index in [4.69, 9.17) is 18.9 Å². The van der Waals surface area contributed by atoms with Crippen LogP contribution < -0.4 is 14.8 Å². The van der Waals surface area contributed by atoms with Crippen molar-refractivity contribution in [1.82, 2.24) is 24.5 Å². The Morgan fingerprint density at radius 2 is 1.76 bits per heavy atom. The predicted octanol–water partition coefficient (Wildman–Crippen LogP) is 4.64. The van der Waals surface area contributed by atoms with Crippen molar-refractivity contribution in [1.29, 1.82) is 0 Å². The van der Waals surface area contributed by atoms with Crippen LogP contribution in [0.3, 0.4) is 0 Å². The maximum atomic E-state index is 13.4. The number of nitrogens with one attached hydrogen (secondary N) is 1. The summed E-state index contributed by atoms with van der Waals surface area (Å²) in [5, 5.41) is 17.3. The number of carbonyl (C=O) groups is 3. The van der Waals surface area contributed by atoms with Crippen LogP contribution in [0.25, 0.3) is 5.52 Å². The highest BCUT2D eigenvalue weighted by atomic mass is 16.6. The molecular weight excluding hydrogens is 582 g/mol. The van der Waals surface area contributed by atoms with Gasteiger partial charge >= 0.3 is 12.1 Å². The molecule has 2 aliphatic rings. The summed E-state index contributed by atoms with van der Waals surface area (Å²) in [4.78, 5) is 43.2. The van der Waals surface area contributed by atoms with Gasteiger partial charge in [0.1, 0.15) is 36.0 Å². The second-order valence-electron chi connectivity index (χ2n) is 13.3. The molecule has 13 heteroatoms. The molecule has 13 nitrogen and oxygen atoms in total. The van der Waals surface area contributed by atoms with Gasteiger partial charge in [-0.1, -0.05) is 0 Å². The first kappa shape index (κ1) is 32.3. The number of ether oxygens (including phenoxy) is 4. The molecule has 3 aromatic rings. The quantitative estimate of drug-likeness (QED) is 0.305. The van der Waals surface area contributed by atoms with Crippen LogP contribution in [0.2, 0.25) is 0 Å². The lowest BCUT2D eigenvalue weighted by Gasteiger charge is -2.29. The molecule has 5 rings (SSSR count). The van der Waals surface area contributed by atoms with E-state index in [1.165, 1.54) is 6.20 Å². The summed E-state index contributed by atoms with van der Waals surface area (Å²) >= 11 is 0. The summed E-state index contributed by atoms with van der Waals surface area (Å²) in [7, 11) is 0. The first-order valence-corrected chi connectivity index (χ1v) is 15.5. The van der Waals surface area contributed by atoms with Crippen molar-refractivity contribution in [2.45, 2.75) is 109 Å². The molecule has 0 spiro atoms. The van der Waals surface area contributed by atoms with Gasteiger partial charge in [0.25, 0.3) is 5.91 Å². The number of hydrogen-bond acceptors (Lipinski definition) is 10. The number of esters is 1. The van der Waals surface area contributed by atoms with E-state index >= 15 is 0 Å². The molecule has 3 heterocycles. The third-order valence-electron chi connectivity index (χ3n) is 7.54. The molecule has 0 unspecified atom stereocenters. The van der Waals surface area contributed by atoms with Gasteiger partial charge in [0.05, 0.1) is 29.6 Å². The van der Waals surface area contributed by atoms with E-state index in [9.17, 15) is 19.5 Å². The first-order chi connectivity index (χ1) is 21.2. The van der Waals surface area contributed by atoms with Gasteiger partial charge in [-0.2, -0.15) is 5.10 Å². The van der Waals surface area contributed by atoms with Crippen molar-refractivity contribution in [2.24, 2.45) is 0 Å². The van der Waals surface area contributed by atoms with Gasteiger partial charge in [-0.3, -0.25) is 9.20 Å². The fourth-order valence-electron chi connectivity index (χ4n) is 5.35. The Morgan fingerprint density at radius 3 is 2.38 bits per heavy atom. The number of rotatable bonds is 10. The largest absolute Gasteiger partial charge is 0.489 e. The number of carbonyl (C=O) groups excluding carboxylic acids is 3. The Hall–Kier alpha value is -4.13. The topological polar surface area (TPSA) is 156 Å². The lowest BCUT2D eigenvalue weighted by molar-refractivity contribution is 0.0279. The Balaban J connectivity index is 1.24. The molecule has 0 aliphatic heterocycles. The standard InChI is InChI=1S/C32H43N5O8/c1-7-42-29(39)22-16-34-37(30(40)45-31(2,3)4)28(22)44-21-12-10-20(11-13-21)35-27(38)25-23-14-15-24(43-17-32(5,6)41)26(19-8-9-19)36(23)18-33-25/h14-16,18-21,41H,7-13,17H2,1-6H3,(H,35,38)/t20-,21-. The highest BCUT2D eigenvalue weighted by Gasteiger charge is 2.33. The number of fused-ring (bicyclic) bond motifs is 1. The summed E-state index contributed by atoms with van der Waals surface area (Å²) in [6.07, 6.45) is 6.28. The maximum Gasteiger partial charge on any atom is 0.438 e. The SMILES string of the molecule is CCOC(=O)c1cnn(C(=O)OC(C)(C)C)c1O[C@H]1CC[C@H](NC(=O)c2ncn3c(C4CC4)c(OCC(C)(C)O)ccc23)CC1. The third kappa shape index (κ3) is 7.75. The fourth-order valence-corrected chi connectivity index (χ4v) is 5.35. The lowest BCUT2D eigenvalue weighted by atomic mass is 9.93. The Kier molecular flexibility index (Phi) is 9.11. The van der Waals surface area contributed by atoms with Gasteiger partial charge in [0.2, 0.25) is 5.88 Å². The first-order valence-electron chi connectivity index (χ1n) is 15.5. The van der Waals surface area contributed by atoms with Crippen molar-refractivity contribution in [3.8, 4) is 11.6 Å². The number of aromatic nitrogens is 4. The Morgan fingerprint density at radius 1 is 1.04 bits per heavy atom. The minimum atomic E-state index is -0.970. The van der Waals surface area contributed by atoms with E-state index in [0.717, 1.165) is 23.2 Å². The zero-order chi connectivity index (χ0) is 32.5. The van der Waals surface area contributed by atoms with Crippen molar-refractivity contribution in [2.75, 3.05) is 13.2 Å². The van der Waals surface area contributed by atoms with Gasteiger partial charge in [-0.25, -0.2) is 14.6 Å². The van der Waals surface area contributed by atoms with Gasteiger partial charge in [-0.15, -0.1) is 4.68 Å². The zero-order valence-electron chi connectivity index (χ0n) is 26.8. The van der Waals surface area contributed by atoms with Crippen molar-refractivity contribution < 1.29 is 38.4 Å². The van der Waals surface area contributed by atoms with E-state index in [1.807, 2.05) is 16.5 Å². The van der Waals surface area contributed by atoms with Gasteiger partial charge in [-0.05, 0) is 92.2 Å². The van der Waals surface area contributed by atoms with Crippen molar-refractivity contribution in [3.05, 3.63) is 41.6 Å². The minimum absolute atomic E-state index is 0.0166. The summed E-state index contributed by atoms with van der Waals surface area (Å²) < 4.78 is 25.6. The molecule has 0 atom stereocenters. The highest BCUT2D eigenvalue weighted by Crippen LogP contribution is 2.45. The number of nitrogens with zero attached hydrogens (tertiary/aromatic N) is 4. The molecule has 1 amide bonds. The van der Waals surface area contributed by atoms with E-state index < -0.39 is 23.3 Å². The molecule has 0 saturated heterocycles. The normalized spacial score (nSPS) is 18.8. The van der Waals surface area contributed by atoms with Crippen LogP contribution in [-0.2, 0) is 9.47 Å². The van der Waals surface area contributed by atoms with Crippen LogP contribution in [0, 0.1) is 0 Å². The summed E-state index contributed by atoms with van der Waals surface area (Å²) in [6.45, 7) is 10.6. The predicted molar refractivity (Wildman–Crippen MR) is 163 cm³/mol. The second kappa shape index (κ2) is 12.7. The van der Waals surface area contributed by atoms with E-state index in [-0.39, 0.29) is 42.7 Å². The number of imidazole rings is 1. The fraction of sp³-hybridized carbons (Fsp3) is 0.594. The molecule has 2 aliphatic carbocycles. The molecule has 0 radical (unpaired) electrons. The molecule has 45 heavy (non-hydrogen) atoms. The molecule has 0 bridgehead atoms. The van der Waals surface area contributed by atoms with Crippen LogP contribution in [-0.4, -0.2) is 78.8 Å². The van der Waals surface area contributed by atoms with Gasteiger partial charge in [0, 0.05) is 12.0 Å². The van der Waals surface area contributed by atoms with E-state index in [1.54, 1.807) is 47.9 Å². The molecule has 2 saturated carbocycles. The summed E-state index contributed by atoms with van der Waals surface area (Å²) in [5.74, 6) is 0.0884. The minimum Gasteiger partial charge on any atom is -0.489 e. The van der Waals surface area contributed by atoms with Crippen LogP contribution in [0.1, 0.15) is 113 Å². The van der Waals surface area contributed by atoms with Crippen LogP contribution in [0.4, 0.5) is 4.79 Å². The van der Waals surface area contributed by atoms with Crippen molar-refractivity contribution in [3.63, 3.8) is 0 Å². The Labute approximate surface area is 262 Å². The molecule has 244 valence electrons. The summed E-state index contributed by atoms with van der Waals surface area (Å²) in [5.41, 5.74) is 0.307. The lowest BCUT2D eigenvalue weighted by Crippen LogP contribution is -2.40. The van der Waals surface area contributed by atoms with E-state index in [2.05, 4.69) is 15.4 Å². The van der Waals surface area contributed by atoms with Gasteiger partial charge in [0.15, 0.2) is 5.69 Å². The smallest absolute Gasteiger partial charge is 0.438 e. The number of hydrogen-bond donors (Lipinski definition) is 2. The number of amides is 1. The summed E-state index contributed by atoms with van der Waals surface area (Å²) in [6, 6.07) is 3.57. The average Bonchev–Trinajstić information content (AvgIpc) is 3.55. The zero-order valence-corrected chi connectivity index (χ0v) is 26.8. The van der Waals surface area contributed by atoms with Crippen LogP contribution in [0.15, 0.2) is 24.7 Å². The van der Waals surface area contributed by atoms with Crippen LogP contribution >= 0.6 is 0 Å². The molecule has 2 fully saturated rings. The third-order valence-corrected chi connectivity index (χ3v) is 7.54. The van der Waals surface area contributed by atoms with Crippen LogP contribution in [0.5, 0.6) is 11.6 Å². The maximum absolute atomic E-state index is 13.4. The Bertz CT molecular complexity index is 1550. The molecular formula is C32H43N5O8. The molecule has 3 aromatic heterocycles. The molecule has 0 aromatic carbocycles. The van der Waals surface area contributed by atoms with Gasteiger partial charge < -0.3 is 29.4 Å². The number of aliphatic hydroxyl groups is 1. The highest BCUT2D eigenvalue weighted by molar-refractivity contribution is 5.99. The number of pyridine rings is 1. The van der Waals surface area contributed by atoms with E-state index in [0.29, 0.717) is 48.6 Å². The van der Waals surface area contributed by atoms with Crippen molar-refractivity contribution >= 4 is 23.5 Å². The molecule has 2 N–H and O–H groups in total. The average molecular weight is 626 g/mol. The monoisotopic (exact) mass is 625 g/mol.